The fourth-order valence-electron chi connectivity index (χ4n) is 9.84. The van der Waals surface area contributed by atoms with Gasteiger partial charge in [-0.2, -0.15) is 0 Å². The minimum absolute atomic E-state index is 0.850. The van der Waals surface area contributed by atoms with Crippen molar-refractivity contribution in [3.63, 3.8) is 0 Å². The molecule has 0 fully saturated rings. The molecule has 0 spiro atoms. The maximum absolute atomic E-state index is 2.47. The van der Waals surface area contributed by atoms with Crippen LogP contribution in [0.5, 0.6) is 0 Å². The van der Waals surface area contributed by atoms with Gasteiger partial charge in [0.05, 0.1) is 0 Å². The SMILES string of the molecule is C(=C1Cc2c(ccc3c(Cc4ccccc4)cc4ccc5c6ccccc6sc5c4c23)-c2cc(-c3ccc(N(c4ccccc4)c4ccccc4)cc3)ccc21)c1ccccc1. The number of para-hydroxylation sites is 2. The Kier molecular flexibility index (Phi) is 8.90. The van der Waals surface area contributed by atoms with Gasteiger partial charge in [0, 0.05) is 42.6 Å². The van der Waals surface area contributed by atoms with Gasteiger partial charge in [0.25, 0.3) is 0 Å². The molecule has 0 aliphatic heterocycles. The van der Waals surface area contributed by atoms with E-state index in [1.807, 2.05) is 11.3 Å². The summed E-state index contributed by atoms with van der Waals surface area (Å²) in [5.74, 6) is 0. The molecule has 10 aromatic carbocycles. The molecule has 11 aromatic rings. The molecule has 292 valence electrons. The maximum atomic E-state index is 2.47. The second-order valence-corrected chi connectivity index (χ2v) is 17.5. The van der Waals surface area contributed by atoms with Crippen LogP contribution < -0.4 is 4.90 Å². The van der Waals surface area contributed by atoms with Gasteiger partial charge in [-0.05, 0) is 133 Å². The number of fused-ring (bicyclic) bond motifs is 11. The second kappa shape index (κ2) is 15.2. The van der Waals surface area contributed by atoms with Gasteiger partial charge in [0.15, 0.2) is 0 Å². The van der Waals surface area contributed by atoms with Gasteiger partial charge in [-0.1, -0.05) is 176 Å². The molecular weight excluding hydrogens is 767 g/mol. The fraction of sp³-hybridized carbons (Fsp3) is 0.0333. The van der Waals surface area contributed by atoms with Crippen molar-refractivity contribution in [2.75, 3.05) is 4.90 Å². The number of hydrogen-bond donors (Lipinski definition) is 0. The molecule has 12 rings (SSSR count). The summed E-state index contributed by atoms with van der Waals surface area (Å²) in [7, 11) is 0. The standard InChI is InChI=1S/C60H41NS/c1-5-15-40(16-6-1)35-45-37-44-28-32-54-53-23-13-14-24-57(53)62-60(54)58(44)59-51(45)33-34-52-55-38-43(27-31-50(55)46(39-56(52)59)36-41-17-7-2-8-18-41)42-25-29-49(30-26-42)61(47-19-9-3-10-20-47)48-21-11-4-12-22-48/h1-34,36-38H,35,39H2. The van der Waals surface area contributed by atoms with Gasteiger partial charge >= 0.3 is 0 Å². The Bertz CT molecular complexity index is 3440. The van der Waals surface area contributed by atoms with E-state index in [-0.39, 0.29) is 0 Å². The van der Waals surface area contributed by atoms with E-state index in [9.17, 15) is 0 Å². The first kappa shape index (κ1) is 36.3. The maximum Gasteiger partial charge on any atom is 0.0462 e. The average Bonchev–Trinajstić information content (AvgIpc) is 3.72. The molecular formula is C60H41NS. The van der Waals surface area contributed by atoms with Crippen LogP contribution in [0.1, 0.15) is 27.8 Å². The molecule has 0 amide bonds. The third kappa shape index (κ3) is 6.31. The van der Waals surface area contributed by atoms with E-state index in [0.717, 1.165) is 29.9 Å². The van der Waals surface area contributed by atoms with Crippen molar-refractivity contribution in [2.24, 2.45) is 0 Å². The quantitative estimate of drug-likeness (QED) is 0.145. The molecule has 0 radical (unpaired) electrons. The molecule has 0 bridgehead atoms. The van der Waals surface area contributed by atoms with Crippen LogP contribution in [-0.4, -0.2) is 0 Å². The Labute approximate surface area is 366 Å². The summed E-state index contributed by atoms with van der Waals surface area (Å²) in [5.41, 5.74) is 16.4. The number of hydrogen-bond acceptors (Lipinski definition) is 2. The predicted molar refractivity (Wildman–Crippen MR) is 267 cm³/mol. The summed E-state index contributed by atoms with van der Waals surface area (Å²) in [6, 6.07) is 80.2. The highest BCUT2D eigenvalue weighted by Crippen LogP contribution is 2.49. The van der Waals surface area contributed by atoms with Gasteiger partial charge < -0.3 is 4.90 Å². The first-order valence-corrected chi connectivity index (χ1v) is 22.3. The van der Waals surface area contributed by atoms with Crippen LogP contribution in [0.25, 0.3) is 75.6 Å². The first-order chi connectivity index (χ1) is 30.7. The van der Waals surface area contributed by atoms with Crippen molar-refractivity contribution in [2.45, 2.75) is 12.8 Å². The van der Waals surface area contributed by atoms with E-state index in [1.54, 1.807) is 0 Å². The molecule has 0 N–H and O–H groups in total. The first-order valence-electron chi connectivity index (χ1n) is 21.5. The van der Waals surface area contributed by atoms with E-state index in [0.29, 0.717) is 0 Å². The molecule has 1 aromatic heterocycles. The molecule has 1 nitrogen and oxygen atoms in total. The van der Waals surface area contributed by atoms with Crippen LogP contribution in [0.4, 0.5) is 17.1 Å². The van der Waals surface area contributed by atoms with Gasteiger partial charge in [-0.15, -0.1) is 11.3 Å². The summed E-state index contributed by atoms with van der Waals surface area (Å²) < 4.78 is 2.71. The lowest BCUT2D eigenvalue weighted by Crippen LogP contribution is -2.09. The molecule has 62 heavy (non-hydrogen) atoms. The predicted octanol–water partition coefficient (Wildman–Crippen LogP) is 16.9. The number of thiophene rings is 1. The number of anilines is 3. The van der Waals surface area contributed by atoms with Crippen molar-refractivity contribution in [3.05, 3.63) is 246 Å². The highest BCUT2D eigenvalue weighted by atomic mass is 32.1. The zero-order valence-electron chi connectivity index (χ0n) is 34.1. The summed E-state index contributed by atoms with van der Waals surface area (Å²) in [6.45, 7) is 0. The lowest BCUT2D eigenvalue weighted by Gasteiger charge is -2.27. The normalized spacial score (nSPS) is 12.9. The Morgan fingerprint density at radius 2 is 1.06 bits per heavy atom. The smallest absolute Gasteiger partial charge is 0.0462 e. The van der Waals surface area contributed by atoms with Crippen molar-refractivity contribution in [1.82, 2.24) is 0 Å². The van der Waals surface area contributed by atoms with E-state index < -0.39 is 0 Å². The Morgan fingerprint density at radius 3 is 1.81 bits per heavy atom. The van der Waals surface area contributed by atoms with Crippen LogP contribution in [-0.2, 0) is 12.8 Å². The molecule has 1 aliphatic rings. The van der Waals surface area contributed by atoms with Crippen molar-refractivity contribution < 1.29 is 0 Å². The van der Waals surface area contributed by atoms with Crippen molar-refractivity contribution in [1.29, 1.82) is 0 Å². The number of allylic oxidation sites excluding steroid dienone is 1. The lowest BCUT2D eigenvalue weighted by molar-refractivity contribution is 1.21. The third-order valence-corrected chi connectivity index (χ3v) is 13.9. The fourth-order valence-corrected chi connectivity index (χ4v) is 11.1. The van der Waals surface area contributed by atoms with Gasteiger partial charge in [-0.3, -0.25) is 0 Å². The van der Waals surface area contributed by atoms with E-state index >= 15 is 0 Å². The highest BCUT2D eigenvalue weighted by molar-refractivity contribution is 7.26. The van der Waals surface area contributed by atoms with Crippen molar-refractivity contribution in [3.8, 4) is 22.3 Å². The van der Waals surface area contributed by atoms with Crippen LogP contribution in [0.15, 0.2) is 218 Å². The Morgan fingerprint density at radius 1 is 0.452 bits per heavy atom. The monoisotopic (exact) mass is 807 g/mol. The second-order valence-electron chi connectivity index (χ2n) is 16.4. The molecule has 2 heteroatoms. The van der Waals surface area contributed by atoms with E-state index in [4.69, 9.17) is 0 Å². The van der Waals surface area contributed by atoms with Crippen molar-refractivity contribution >= 4 is 81.8 Å². The van der Waals surface area contributed by atoms with Gasteiger partial charge in [0.1, 0.15) is 0 Å². The third-order valence-electron chi connectivity index (χ3n) is 12.7. The number of rotatable bonds is 7. The molecule has 0 atom stereocenters. The van der Waals surface area contributed by atoms with Crippen LogP contribution in [0, 0.1) is 0 Å². The number of nitrogens with zero attached hydrogens (tertiary/aromatic N) is 1. The molecule has 1 aliphatic carbocycles. The minimum Gasteiger partial charge on any atom is -0.311 e. The van der Waals surface area contributed by atoms with E-state index in [1.165, 1.54) is 97.4 Å². The van der Waals surface area contributed by atoms with Gasteiger partial charge in [0.2, 0.25) is 0 Å². The summed E-state index contributed by atoms with van der Waals surface area (Å²) >= 11 is 1.94. The van der Waals surface area contributed by atoms with E-state index in [2.05, 4.69) is 229 Å². The number of benzene rings is 10. The minimum atomic E-state index is 0.850. The average molecular weight is 808 g/mol. The Hall–Kier alpha value is -7.52. The zero-order chi connectivity index (χ0) is 41.0. The van der Waals surface area contributed by atoms with Crippen LogP contribution in [0.3, 0.4) is 0 Å². The summed E-state index contributed by atoms with van der Waals surface area (Å²) in [6.07, 6.45) is 4.15. The summed E-state index contributed by atoms with van der Waals surface area (Å²) in [4.78, 5) is 2.32. The molecule has 0 saturated carbocycles. The Balaban J connectivity index is 1.08. The van der Waals surface area contributed by atoms with Gasteiger partial charge in [-0.25, -0.2) is 0 Å². The molecule has 0 saturated heterocycles. The molecule has 1 heterocycles. The zero-order valence-corrected chi connectivity index (χ0v) is 34.9. The van der Waals surface area contributed by atoms with Crippen LogP contribution in [0.2, 0.25) is 0 Å². The summed E-state index contributed by atoms with van der Waals surface area (Å²) in [5, 5.41) is 8.10. The largest absolute Gasteiger partial charge is 0.311 e. The molecule has 0 unspecified atom stereocenters. The topological polar surface area (TPSA) is 3.24 Å². The lowest BCUT2D eigenvalue weighted by atomic mass is 9.77. The van der Waals surface area contributed by atoms with Crippen LogP contribution >= 0.6 is 11.3 Å². The highest BCUT2D eigenvalue weighted by Gasteiger charge is 2.26.